The maximum absolute atomic E-state index is 11.7. The Hall–Kier alpha value is -2.55. The zero-order valence-electron chi connectivity index (χ0n) is 9.87. The summed E-state index contributed by atoms with van der Waals surface area (Å²) >= 11 is 0. The van der Waals surface area contributed by atoms with Gasteiger partial charge in [-0.25, -0.2) is 0 Å². The Morgan fingerprint density at radius 3 is 3.06 bits per heavy atom. The first-order chi connectivity index (χ1) is 8.67. The fourth-order valence-corrected chi connectivity index (χ4v) is 1.76. The van der Waals surface area contributed by atoms with Gasteiger partial charge in [-0.3, -0.25) is 9.69 Å². The number of amides is 1. The lowest BCUT2D eigenvalue weighted by molar-refractivity contribution is -0.118. The number of aromatic nitrogens is 2. The highest BCUT2D eigenvalue weighted by molar-refractivity contribution is 5.95. The summed E-state index contributed by atoms with van der Waals surface area (Å²) in [5.41, 5.74) is 1.18. The number of carbonyl (C=O) groups excluding carboxylic acids is 1. The predicted molar refractivity (Wildman–Crippen MR) is 65.2 cm³/mol. The van der Waals surface area contributed by atoms with Crippen molar-refractivity contribution in [3.05, 3.63) is 24.4 Å². The molecule has 2 aromatic rings. The second kappa shape index (κ2) is 4.75. The molecule has 18 heavy (non-hydrogen) atoms. The largest absolute Gasteiger partial charge is 0.411 e. The number of benzene rings is 1. The summed E-state index contributed by atoms with van der Waals surface area (Å²) in [5, 5.41) is 22.6. The number of carbonyl (C=O) groups is 1. The number of nitriles is 1. The van der Waals surface area contributed by atoms with Gasteiger partial charge in [0.2, 0.25) is 5.91 Å². The molecule has 0 unspecified atom stereocenters. The quantitative estimate of drug-likeness (QED) is 0.655. The van der Waals surface area contributed by atoms with Gasteiger partial charge in [0.1, 0.15) is 12.1 Å². The first-order valence-electron chi connectivity index (χ1n) is 5.51. The van der Waals surface area contributed by atoms with E-state index < -0.39 is 0 Å². The van der Waals surface area contributed by atoms with E-state index in [1.807, 2.05) is 6.07 Å². The molecule has 1 aromatic heterocycles. The molecule has 2 rings (SSSR count). The smallest absolute Gasteiger partial charge is 0.227 e. The molecule has 1 N–H and O–H groups in total. The van der Waals surface area contributed by atoms with Crippen LogP contribution in [-0.4, -0.2) is 27.6 Å². The van der Waals surface area contributed by atoms with Crippen molar-refractivity contribution in [1.82, 2.24) is 9.94 Å². The SMILES string of the molecule is CCC(=O)N(CC#N)c1ccc2c(cnn2O)c1. The van der Waals surface area contributed by atoms with Crippen molar-refractivity contribution in [2.24, 2.45) is 0 Å². The Morgan fingerprint density at radius 1 is 1.61 bits per heavy atom. The zero-order valence-corrected chi connectivity index (χ0v) is 9.87. The van der Waals surface area contributed by atoms with E-state index in [1.54, 1.807) is 25.1 Å². The van der Waals surface area contributed by atoms with E-state index in [0.29, 0.717) is 23.0 Å². The van der Waals surface area contributed by atoms with Crippen LogP contribution in [0, 0.1) is 11.3 Å². The molecule has 1 amide bonds. The predicted octanol–water partition coefficient (Wildman–Crippen LogP) is 1.54. The van der Waals surface area contributed by atoms with Gasteiger partial charge in [-0.15, -0.1) is 9.94 Å². The molecule has 0 saturated carbocycles. The number of anilines is 1. The van der Waals surface area contributed by atoms with E-state index >= 15 is 0 Å². The monoisotopic (exact) mass is 244 g/mol. The number of fused-ring (bicyclic) bond motifs is 1. The highest BCUT2D eigenvalue weighted by Crippen LogP contribution is 2.22. The van der Waals surface area contributed by atoms with E-state index in [9.17, 15) is 10.0 Å². The van der Waals surface area contributed by atoms with E-state index in [1.165, 1.54) is 11.1 Å². The van der Waals surface area contributed by atoms with Crippen LogP contribution in [0.25, 0.3) is 10.9 Å². The summed E-state index contributed by atoms with van der Waals surface area (Å²) in [4.78, 5) is 13.9. The number of nitrogens with zero attached hydrogens (tertiary/aromatic N) is 4. The van der Waals surface area contributed by atoms with Crippen molar-refractivity contribution in [2.45, 2.75) is 13.3 Å². The lowest BCUT2D eigenvalue weighted by Gasteiger charge is -2.18. The summed E-state index contributed by atoms with van der Waals surface area (Å²) in [6, 6.07) is 7.03. The molecule has 0 atom stereocenters. The van der Waals surface area contributed by atoms with Crippen molar-refractivity contribution < 1.29 is 10.0 Å². The summed E-state index contributed by atoms with van der Waals surface area (Å²) in [5.74, 6) is -0.118. The number of rotatable bonds is 3. The van der Waals surface area contributed by atoms with Gasteiger partial charge in [0, 0.05) is 17.5 Å². The van der Waals surface area contributed by atoms with Gasteiger partial charge in [-0.2, -0.15) is 5.26 Å². The van der Waals surface area contributed by atoms with E-state index in [2.05, 4.69) is 5.10 Å². The van der Waals surface area contributed by atoms with Gasteiger partial charge >= 0.3 is 0 Å². The van der Waals surface area contributed by atoms with Crippen LogP contribution < -0.4 is 4.90 Å². The van der Waals surface area contributed by atoms with Crippen molar-refractivity contribution in [1.29, 1.82) is 5.26 Å². The third kappa shape index (κ3) is 1.98. The maximum atomic E-state index is 11.7. The fourth-order valence-electron chi connectivity index (χ4n) is 1.76. The molecule has 6 heteroatoms. The third-order valence-electron chi connectivity index (χ3n) is 2.68. The van der Waals surface area contributed by atoms with Gasteiger partial charge in [0.05, 0.1) is 12.3 Å². The van der Waals surface area contributed by atoms with E-state index in [4.69, 9.17) is 5.26 Å². The normalized spacial score (nSPS) is 10.2. The van der Waals surface area contributed by atoms with Crippen LogP contribution in [0.5, 0.6) is 0 Å². The Morgan fingerprint density at radius 2 is 2.39 bits per heavy atom. The Kier molecular flexibility index (Phi) is 3.15. The maximum Gasteiger partial charge on any atom is 0.227 e. The van der Waals surface area contributed by atoms with Crippen LogP contribution in [0.1, 0.15) is 13.3 Å². The molecule has 0 aliphatic carbocycles. The van der Waals surface area contributed by atoms with Crippen molar-refractivity contribution in [2.75, 3.05) is 11.4 Å². The Labute approximate surface area is 104 Å². The minimum atomic E-state index is -0.118. The van der Waals surface area contributed by atoms with Crippen LogP contribution in [-0.2, 0) is 4.79 Å². The molecule has 0 saturated heterocycles. The highest BCUT2D eigenvalue weighted by Gasteiger charge is 2.14. The summed E-state index contributed by atoms with van der Waals surface area (Å²) < 4.78 is 0. The van der Waals surface area contributed by atoms with Crippen LogP contribution in [0.3, 0.4) is 0 Å². The lowest BCUT2D eigenvalue weighted by atomic mass is 10.2. The first-order valence-corrected chi connectivity index (χ1v) is 5.51. The first kappa shape index (κ1) is 11.9. The molecule has 0 radical (unpaired) electrons. The molecular formula is C12H12N4O2. The molecule has 0 fully saturated rings. The minimum Gasteiger partial charge on any atom is -0.411 e. The van der Waals surface area contributed by atoms with Crippen LogP contribution >= 0.6 is 0 Å². The molecular weight excluding hydrogens is 232 g/mol. The number of hydrogen-bond donors (Lipinski definition) is 1. The molecule has 1 heterocycles. The zero-order chi connectivity index (χ0) is 13.1. The topological polar surface area (TPSA) is 82.2 Å². The second-order valence-corrected chi connectivity index (χ2v) is 3.77. The van der Waals surface area contributed by atoms with Crippen molar-refractivity contribution >= 4 is 22.5 Å². The summed E-state index contributed by atoms with van der Waals surface area (Å²) in [7, 11) is 0. The van der Waals surface area contributed by atoms with E-state index in [-0.39, 0.29) is 12.5 Å². The molecule has 0 spiro atoms. The standard InChI is InChI=1S/C12H12N4O2/c1-2-12(17)15(6-5-13)10-3-4-11-9(7-10)8-14-16(11)18/h3-4,7-8,18H,2,6H2,1H3. The Bertz CT molecular complexity index is 627. The molecule has 0 bridgehead atoms. The molecule has 6 nitrogen and oxygen atoms in total. The molecule has 0 aliphatic rings. The average Bonchev–Trinajstić information content (AvgIpc) is 2.76. The molecule has 0 aliphatic heterocycles. The van der Waals surface area contributed by atoms with Gasteiger partial charge in [0.25, 0.3) is 0 Å². The van der Waals surface area contributed by atoms with Gasteiger partial charge < -0.3 is 5.21 Å². The van der Waals surface area contributed by atoms with Crippen LogP contribution in [0.15, 0.2) is 24.4 Å². The van der Waals surface area contributed by atoms with Crippen molar-refractivity contribution in [3.8, 4) is 6.07 Å². The third-order valence-corrected chi connectivity index (χ3v) is 2.68. The molecule has 92 valence electrons. The molecule has 1 aromatic carbocycles. The summed E-state index contributed by atoms with van der Waals surface area (Å²) in [6.07, 6.45) is 1.83. The van der Waals surface area contributed by atoms with Crippen LogP contribution in [0.2, 0.25) is 0 Å². The van der Waals surface area contributed by atoms with Crippen molar-refractivity contribution in [3.63, 3.8) is 0 Å². The lowest BCUT2D eigenvalue weighted by Crippen LogP contribution is -2.30. The van der Waals surface area contributed by atoms with E-state index in [0.717, 1.165) is 4.85 Å². The van der Waals surface area contributed by atoms with Gasteiger partial charge in [0.15, 0.2) is 0 Å². The Balaban J connectivity index is 2.45. The van der Waals surface area contributed by atoms with Crippen LogP contribution in [0.4, 0.5) is 5.69 Å². The fraction of sp³-hybridized carbons (Fsp3) is 0.250. The number of hydrogen-bond acceptors (Lipinski definition) is 4. The van der Waals surface area contributed by atoms with Gasteiger partial charge in [-0.05, 0) is 18.2 Å². The van der Waals surface area contributed by atoms with Gasteiger partial charge in [-0.1, -0.05) is 6.92 Å². The highest BCUT2D eigenvalue weighted by atomic mass is 16.5. The summed E-state index contributed by atoms with van der Waals surface area (Å²) in [6.45, 7) is 1.75. The average molecular weight is 244 g/mol. The minimum absolute atomic E-state index is 0.00540. The second-order valence-electron chi connectivity index (χ2n) is 3.77.